The van der Waals surface area contributed by atoms with Crippen LogP contribution in [-0.2, 0) is 5.41 Å². The molecule has 0 spiro atoms. The van der Waals surface area contributed by atoms with Crippen molar-refractivity contribution in [2.75, 3.05) is 4.90 Å². The summed E-state index contributed by atoms with van der Waals surface area (Å²) in [6, 6.07) is 59.9. The second kappa shape index (κ2) is 10.9. The topological polar surface area (TPSA) is 16.4 Å². The van der Waals surface area contributed by atoms with E-state index in [1.165, 1.54) is 64.3 Å². The zero-order chi connectivity index (χ0) is 34.6. The van der Waals surface area contributed by atoms with E-state index >= 15 is 0 Å². The maximum Gasteiger partial charge on any atom is 0.137 e. The van der Waals surface area contributed by atoms with Gasteiger partial charge in [0.05, 0.1) is 0 Å². The predicted molar refractivity (Wildman–Crippen MR) is 222 cm³/mol. The minimum Gasteiger partial charge on any atom is -0.456 e. The Kier molecular flexibility index (Phi) is 6.21. The number of rotatable bonds is 4. The van der Waals surface area contributed by atoms with E-state index in [0.717, 1.165) is 39.0 Å². The number of hydrogen-bond donors (Lipinski definition) is 0. The monoisotopic (exact) mass is 683 g/mol. The van der Waals surface area contributed by atoms with Gasteiger partial charge in [-0.2, -0.15) is 0 Å². The van der Waals surface area contributed by atoms with Crippen LogP contribution in [0.4, 0.5) is 17.1 Å². The van der Waals surface area contributed by atoms with Crippen LogP contribution in [0.3, 0.4) is 0 Å². The molecule has 0 atom stereocenters. The highest BCUT2D eigenvalue weighted by Crippen LogP contribution is 2.52. The Hall–Kier alpha value is -6.16. The van der Waals surface area contributed by atoms with Gasteiger partial charge < -0.3 is 9.32 Å². The molecule has 3 heteroatoms. The van der Waals surface area contributed by atoms with Crippen molar-refractivity contribution in [2.24, 2.45) is 0 Å². The Bertz CT molecular complexity index is 3060. The second-order valence-corrected chi connectivity index (χ2v) is 15.5. The number of thiophene rings is 1. The van der Waals surface area contributed by atoms with E-state index in [4.69, 9.17) is 4.42 Å². The first-order chi connectivity index (χ1) is 25.5. The Morgan fingerprint density at radius 2 is 1.13 bits per heavy atom. The fraction of sp³-hybridized carbons (Fsp3) is 0.0612. The van der Waals surface area contributed by atoms with Crippen molar-refractivity contribution in [3.63, 3.8) is 0 Å². The van der Waals surface area contributed by atoms with E-state index in [-0.39, 0.29) is 5.41 Å². The van der Waals surface area contributed by atoms with E-state index in [9.17, 15) is 0 Å². The molecule has 0 radical (unpaired) electrons. The minimum atomic E-state index is -0.125. The molecule has 0 fully saturated rings. The first kappa shape index (κ1) is 29.6. The molecule has 0 amide bonds. The highest BCUT2D eigenvalue weighted by Gasteiger charge is 2.36. The molecule has 0 saturated heterocycles. The van der Waals surface area contributed by atoms with Crippen LogP contribution in [0.5, 0.6) is 0 Å². The van der Waals surface area contributed by atoms with Crippen molar-refractivity contribution in [3.05, 3.63) is 175 Å². The van der Waals surface area contributed by atoms with Crippen LogP contribution < -0.4 is 4.90 Å². The summed E-state index contributed by atoms with van der Waals surface area (Å²) in [4.78, 5) is 2.43. The number of furan rings is 1. The number of hydrogen-bond acceptors (Lipinski definition) is 3. The number of nitrogens with zero attached hydrogens (tertiary/aromatic N) is 1. The highest BCUT2D eigenvalue weighted by atomic mass is 32.1. The molecule has 0 unspecified atom stereocenters. The Balaban J connectivity index is 1.21. The molecule has 0 bridgehead atoms. The third-order valence-corrected chi connectivity index (χ3v) is 12.5. The maximum atomic E-state index is 6.49. The standard InChI is InChI=1S/C49H33NOS/c1-49(2)43-18-10-8-16-36(43)37-24-21-32(28-44(37)49)50(33-22-25-39-38-17-9-11-19-45(38)51-46(39)29-33)34-26-41(30-12-4-3-5-13-30)48-42(27-34)40-23-20-31-14-6-7-15-35(31)47(40)52-48/h3-29H,1-2H3. The molecule has 2 aromatic heterocycles. The molecule has 11 rings (SSSR count). The van der Waals surface area contributed by atoms with Gasteiger partial charge in [0.1, 0.15) is 11.2 Å². The van der Waals surface area contributed by atoms with Crippen molar-refractivity contribution < 1.29 is 4.42 Å². The summed E-state index contributed by atoms with van der Waals surface area (Å²) in [5, 5.41) is 7.39. The molecule has 0 aliphatic heterocycles. The van der Waals surface area contributed by atoms with Gasteiger partial charge in [0, 0.05) is 65.1 Å². The van der Waals surface area contributed by atoms with Gasteiger partial charge in [0.15, 0.2) is 0 Å². The molecule has 1 aliphatic carbocycles. The average Bonchev–Trinajstić information content (AvgIpc) is 3.83. The Morgan fingerprint density at radius 3 is 2.04 bits per heavy atom. The van der Waals surface area contributed by atoms with Crippen molar-refractivity contribution in [1.29, 1.82) is 0 Å². The molecule has 52 heavy (non-hydrogen) atoms. The van der Waals surface area contributed by atoms with Crippen molar-refractivity contribution in [2.45, 2.75) is 19.3 Å². The third-order valence-electron chi connectivity index (χ3n) is 11.2. The van der Waals surface area contributed by atoms with Crippen molar-refractivity contribution in [1.82, 2.24) is 0 Å². The predicted octanol–water partition coefficient (Wildman–Crippen LogP) is 14.6. The quantitative estimate of drug-likeness (QED) is 0.184. The maximum absolute atomic E-state index is 6.49. The molecular formula is C49H33NOS. The highest BCUT2D eigenvalue weighted by molar-refractivity contribution is 7.27. The van der Waals surface area contributed by atoms with E-state index in [1.54, 1.807) is 0 Å². The van der Waals surface area contributed by atoms with Gasteiger partial charge in [-0.1, -0.05) is 129 Å². The first-order valence-corrected chi connectivity index (χ1v) is 18.7. The number of benzene rings is 8. The fourth-order valence-electron chi connectivity index (χ4n) is 8.68. The molecule has 0 saturated carbocycles. The van der Waals surface area contributed by atoms with E-state index in [2.05, 4.69) is 176 Å². The number of para-hydroxylation sites is 1. The van der Waals surface area contributed by atoms with E-state index < -0.39 is 0 Å². The Labute approximate surface area is 305 Å². The fourth-order valence-corrected chi connectivity index (χ4v) is 10.0. The Morgan fingerprint density at radius 1 is 0.442 bits per heavy atom. The van der Waals surface area contributed by atoms with Gasteiger partial charge in [-0.15, -0.1) is 11.3 Å². The molecule has 0 N–H and O–H groups in total. The average molecular weight is 684 g/mol. The lowest BCUT2D eigenvalue weighted by Crippen LogP contribution is -2.16. The van der Waals surface area contributed by atoms with E-state index in [1.807, 2.05) is 17.4 Å². The second-order valence-electron chi connectivity index (χ2n) is 14.5. The summed E-state index contributed by atoms with van der Waals surface area (Å²) in [7, 11) is 0. The van der Waals surface area contributed by atoms with Gasteiger partial charge in [0.25, 0.3) is 0 Å². The van der Waals surface area contributed by atoms with Gasteiger partial charge in [-0.25, -0.2) is 0 Å². The summed E-state index contributed by atoms with van der Waals surface area (Å²) in [5.41, 5.74) is 12.8. The summed E-state index contributed by atoms with van der Waals surface area (Å²) < 4.78 is 9.12. The van der Waals surface area contributed by atoms with Crippen molar-refractivity contribution in [3.8, 4) is 22.3 Å². The van der Waals surface area contributed by atoms with Crippen LogP contribution in [0.25, 0.3) is 75.1 Å². The lowest BCUT2D eigenvalue weighted by Gasteiger charge is -2.28. The molecule has 2 nitrogen and oxygen atoms in total. The molecule has 2 heterocycles. The van der Waals surface area contributed by atoms with Gasteiger partial charge in [-0.3, -0.25) is 0 Å². The molecule has 1 aliphatic rings. The van der Waals surface area contributed by atoms with Crippen LogP contribution in [0.2, 0.25) is 0 Å². The van der Waals surface area contributed by atoms with Crippen LogP contribution in [-0.4, -0.2) is 0 Å². The molecule has 8 aromatic carbocycles. The number of fused-ring (bicyclic) bond motifs is 11. The SMILES string of the molecule is CC1(C)c2ccccc2-c2ccc(N(c3ccc4c(c3)oc3ccccc34)c3cc(-c4ccccc4)c4sc5c6ccccc6ccc5c4c3)cc21. The van der Waals surface area contributed by atoms with Crippen LogP contribution in [0.15, 0.2) is 168 Å². The van der Waals surface area contributed by atoms with Crippen molar-refractivity contribution >= 4 is 81.3 Å². The van der Waals surface area contributed by atoms with Crippen LogP contribution in [0, 0.1) is 0 Å². The molecule has 10 aromatic rings. The zero-order valence-corrected chi connectivity index (χ0v) is 29.7. The lowest BCUT2D eigenvalue weighted by atomic mass is 9.82. The molecule has 246 valence electrons. The molecular weight excluding hydrogens is 651 g/mol. The largest absolute Gasteiger partial charge is 0.456 e. The van der Waals surface area contributed by atoms with Crippen LogP contribution in [0.1, 0.15) is 25.0 Å². The normalized spacial score (nSPS) is 13.3. The summed E-state index contributed by atoms with van der Waals surface area (Å²) in [6.07, 6.45) is 0. The zero-order valence-electron chi connectivity index (χ0n) is 28.9. The smallest absolute Gasteiger partial charge is 0.137 e. The van der Waals surface area contributed by atoms with Gasteiger partial charge in [0.2, 0.25) is 0 Å². The van der Waals surface area contributed by atoms with E-state index in [0.29, 0.717) is 0 Å². The summed E-state index contributed by atoms with van der Waals surface area (Å²) in [6.45, 7) is 4.71. The lowest BCUT2D eigenvalue weighted by molar-refractivity contribution is 0.660. The minimum absolute atomic E-state index is 0.125. The first-order valence-electron chi connectivity index (χ1n) is 17.9. The van der Waals surface area contributed by atoms with Gasteiger partial charge >= 0.3 is 0 Å². The summed E-state index contributed by atoms with van der Waals surface area (Å²) in [5.74, 6) is 0. The number of anilines is 3. The van der Waals surface area contributed by atoms with Gasteiger partial charge in [-0.05, 0) is 81.1 Å². The summed E-state index contributed by atoms with van der Waals surface area (Å²) >= 11 is 1.90. The third kappa shape index (κ3) is 4.23. The van der Waals surface area contributed by atoms with Crippen LogP contribution >= 0.6 is 11.3 Å².